The second kappa shape index (κ2) is 5.37. The number of ether oxygens (including phenoxy) is 1. The number of hydrogen-bond acceptors (Lipinski definition) is 4. The SMILES string of the molecule is COC1CCCCC12CN=C(N)N2c1ccccc1Br. The van der Waals surface area contributed by atoms with Crippen molar-refractivity contribution in [1.29, 1.82) is 0 Å². The van der Waals surface area contributed by atoms with E-state index < -0.39 is 0 Å². The number of aliphatic imine (C=N–C) groups is 1. The van der Waals surface area contributed by atoms with Crippen molar-refractivity contribution in [1.82, 2.24) is 0 Å². The fourth-order valence-corrected chi connectivity index (χ4v) is 4.01. The van der Waals surface area contributed by atoms with E-state index in [0.717, 1.165) is 29.5 Å². The van der Waals surface area contributed by atoms with Crippen LogP contribution in [0.1, 0.15) is 25.7 Å². The highest BCUT2D eigenvalue weighted by Gasteiger charge is 2.50. The van der Waals surface area contributed by atoms with Crippen molar-refractivity contribution >= 4 is 27.6 Å². The maximum atomic E-state index is 6.20. The van der Waals surface area contributed by atoms with E-state index >= 15 is 0 Å². The monoisotopic (exact) mass is 337 g/mol. The smallest absolute Gasteiger partial charge is 0.196 e. The zero-order valence-electron chi connectivity index (χ0n) is 11.7. The second-order valence-corrected chi connectivity index (χ2v) is 6.39. The van der Waals surface area contributed by atoms with Gasteiger partial charge in [0.25, 0.3) is 0 Å². The first-order valence-electron chi connectivity index (χ1n) is 7.06. The van der Waals surface area contributed by atoms with Crippen LogP contribution in [0.5, 0.6) is 0 Å². The first-order chi connectivity index (χ1) is 9.69. The lowest BCUT2D eigenvalue weighted by atomic mass is 9.78. The molecule has 1 aliphatic carbocycles. The highest BCUT2D eigenvalue weighted by atomic mass is 79.9. The third kappa shape index (κ3) is 2.04. The number of halogens is 1. The fourth-order valence-electron chi connectivity index (χ4n) is 3.55. The Labute approximate surface area is 128 Å². The van der Waals surface area contributed by atoms with Crippen LogP contribution < -0.4 is 10.6 Å². The summed E-state index contributed by atoms with van der Waals surface area (Å²) in [7, 11) is 1.80. The number of nitrogens with zero attached hydrogens (tertiary/aromatic N) is 2. The molecule has 2 unspecified atom stereocenters. The molecule has 0 amide bonds. The standard InChI is InChI=1S/C15H20BrN3O/c1-20-13-8-4-5-9-15(13)10-18-14(17)19(15)12-7-3-2-6-11(12)16/h2-3,6-7,13H,4-5,8-10H2,1H3,(H2,17,18). The molecule has 4 nitrogen and oxygen atoms in total. The number of methoxy groups -OCH3 is 1. The quantitative estimate of drug-likeness (QED) is 0.902. The Kier molecular flexibility index (Phi) is 3.73. The number of para-hydroxylation sites is 1. The van der Waals surface area contributed by atoms with Crippen molar-refractivity contribution < 1.29 is 4.74 Å². The van der Waals surface area contributed by atoms with Crippen LogP contribution in [0.2, 0.25) is 0 Å². The van der Waals surface area contributed by atoms with Crippen molar-refractivity contribution in [3.8, 4) is 0 Å². The molecule has 108 valence electrons. The minimum Gasteiger partial charge on any atom is -0.379 e. The van der Waals surface area contributed by atoms with Crippen LogP contribution in [0.15, 0.2) is 33.7 Å². The number of rotatable bonds is 2. The Balaban J connectivity index is 2.06. The molecular weight excluding hydrogens is 318 g/mol. The summed E-state index contributed by atoms with van der Waals surface area (Å²) >= 11 is 3.63. The first-order valence-corrected chi connectivity index (χ1v) is 7.86. The molecule has 2 aliphatic rings. The van der Waals surface area contributed by atoms with Gasteiger partial charge >= 0.3 is 0 Å². The van der Waals surface area contributed by atoms with Crippen molar-refractivity contribution in [3.05, 3.63) is 28.7 Å². The van der Waals surface area contributed by atoms with Crippen LogP contribution in [-0.4, -0.2) is 31.3 Å². The summed E-state index contributed by atoms with van der Waals surface area (Å²) in [6.07, 6.45) is 4.72. The predicted octanol–water partition coefficient (Wildman–Crippen LogP) is 2.91. The Morgan fingerprint density at radius 3 is 2.95 bits per heavy atom. The minimum atomic E-state index is -0.124. The van der Waals surface area contributed by atoms with E-state index in [0.29, 0.717) is 5.96 Å². The van der Waals surface area contributed by atoms with E-state index in [1.54, 1.807) is 7.11 Å². The summed E-state index contributed by atoms with van der Waals surface area (Å²) in [5.74, 6) is 0.598. The van der Waals surface area contributed by atoms with Crippen molar-refractivity contribution in [2.75, 3.05) is 18.6 Å². The zero-order chi connectivity index (χ0) is 14.2. The van der Waals surface area contributed by atoms with Crippen molar-refractivity contribution in [2.24, 2.45) is 10.7 Å². The van der Waals surface area contributed by atoms with Crippen molar-refractivity contribution in [3.63, 3.8) is 0 Å². The second-order valence-electron chi connectivity index (χ2n) is 5.53. The number of benzene rings is 1. The van der Waals surface area contributed by atoms with Gasteiger partial charge in [-0.15, -0.1) is 0 Å². The molecule has 5 heteroatoms. The van der Waals surface area contributed by atoms with Gasteiger partial charge in [0.2, 0.25) is 0 Å². The van der Waals surface area contributed by atoms with Gasteiger partial charge in [-0.1, -0.05) is 25.0 Å². The highest BCUT2D eigenvalue weighted by molar-refractivity contribution is 9.10. The van der Waals surface area contributed by atoms with Gasteiger partial charge in [-0.25, -0.2) is 0 Å². The Morgan fingerprint density at radius 1 is 1.40 bits per heavy atom. The lowest BCUT2D eigenvalue weighted by Gasteiger charge is -2.47. The van der Waals surface area contributed by atoms with Crippen LogP contribution in [0.25, 0.3) is 0 Å². The summed E-state index contributed by atoms with van der Waals surface area (Å²) in [4.78, 5) is 6.71. The predicted molar refractivity (Wildman–Crippen MR) is 85.1 cm³/mol. The molecule has 0 radical (unpaired) electrons. The molecule has 1 heterocycles. The molecule has 1 aliphatic heterocycles. The van der Waals surface area contributed by atoms with Crippen LogP contribution in [-0.2, 0) is 4.74 Å². The van der Waals surface area contributed by atoms with Gasteiger partial charge in [0.15, 0.2) is 5.96 Å². The van der Waals surface area contributed by atoms with E-state index in [4.69, 9.17) is 10.5 Å². The van der Waals surface area contributed by atoms with Gasteiger partial charge in [0.05, 0.1) is 23.9 Å². The first kappa shape index (κ1) is 13.9. The Hall–Kier alpha value is -1.07. The molecule has 2 atom stereocenters. The van der Waals surface area contributed by atoms with Gasteiger partial charge < -0.3 is 15.4 Å². The summed E-state index contributed by atoms with van der Waals surface area (Å²) in [5.41, 5.74) is 7.16. The fraction of sp³-hybridized carbons (Fsp3) is 0.533. The zero-order valence-corrected chi connectivity index (χ0v) is 13.3. The molecular formula is C15H20BrN3O. The third-order valence-corrected chi connectivity index (χ3v) is 5.16. The summed E-state index contributed by atoms with van der Waals surface area (Å²) in [5, 5.41) is 0. The molecule has 1 aromatic carbocycles. The number of anilines is 1. The molecule has 0 saturated heterocycles. The Bertz CT molecular complexity index is 534. The highest BCUT2D eigenvalue weighted by Crippen LogP contribution is 2.43. The lowest BCUT2D eigenvalue weighted by Crippen LogP contribution is -2.61. The molecule has 3 rings (SSSR count). The molecule has 0 bridgehead atoms. The molecule has 1 saturated carbocycles. The summed E-state index contributed by atoms with van der Waals surface area (Å²) in [6, 6.07) is 8.17. The molecule has 0 aromatic heterocycles. The van der Waals surface area contributed by atoms with E-state index in [-0.39, 0.29) is 11.6 Å². The van der Waals surface area contributed by atoms with Gasteiger partial charge in [-0.05, 0) is 40.9 Å². The van der Waals surface area contributed by atoms with Gasteiger partial charge in [0, 0.05) is 11.6 Å². The normalized spacial score (nSPS) is 29.8. The lowest BCUT2D eigenvalue weighted by molar-refractivity contribution is 0.0143. The van der Waals surface area contributed by atoms with Gasteiger partial charge in [0.1, 0.15) is 0 Å². The van der Waals surface area contributed by atoms with Crippen LogP contribution in [0.4, 0.5) is 5.69 Å². The van der Waals surface area contributed by atoms with Gasteiger partial charge in [-0.3, -0.25) is 4.99 Å². The van der Waals surface area contributed by atoms with Crippen LogP contribution in [0.3, 0.4) is 0 Å². The Morgan fingerprint density at radius 2 is 2.20 bits per heavy atom. The number of guanidine groups is 1. The minimum absolute atomic E-state index is 0.124. The van der Waals surface area contributed by atoms with Crippen LogP contribution in [0, 0.1) is 0 Å². The average molecular weight is 338 g/mol. The molecule has 1 spiro atoms. The van der Waals surface area contributed by atoms with Crippen molar-refractivity contribution in [2.45, 2.75) is 37.3 Å². The summed E-state index contributed by atoms with van der Waals surface area (Å²) in [6.45, 7) is 0.721. The molecule has 1 aromatic rings. The molecule has 20 heavy (non-hydrogen) atoms. The van der Waals surface area contributed by atoms with E-state index in [2.05, 4.69) is 31.9 Å². The van der Waals surface area contributed by atoms with Gasteiger partial charge in [-0.2, -0.15) is 0 Å². The van der Waals surface area contributed by atoms with Crippen LogP contribution >= 0.6 is 15.9 Å². The maximum Gasteiger partial charge on any atom is 0.196 e. The number of hydrogen-bond donors (Lipinski definition) is 1. The number of nitrogens with two attached hydrogens (primary N) is 1. The topological polar surface area (TPSA) is 50.9 Å². The summed E-state index contributed by atoms with van der Waals surface area (Å²) < 4.78 is 6.82. The third-order valence-electron chi connectivity index (χ3n) is 4.49. The largest absolute Gasteiger partial charge is 0.379 e. The molecule has 1 fully saturated rings. The van der Waals surface area contributed by atoms with E-state index in [9.17, 15) is 0 Å². The van der Waals surface area contributed by atoms with E-state index in [1.807, 2.05) is 18.2 Å². The average Bonchev–Trinajstić information content (AvgIpc) is 2.78. The molecule has 2 N–H and O–H groups in total. The van der Waals surface area contributed by atoms with E-state index in [1.165, 1.54) is 12.8 Å². The maximum absolute atomic E-state index is 6.20.